The lowest BCUT2D eigenvalue weighted by atomic mass is 9.97. The van der Waals surface area contributed by atoms with E-state index in [1.54, 1.807) is 17.2 Å². The molecular weight excluding hydrogens is 416 g/mol. The van der Waals surface area contributed by atoms with E-state index in [4.69, 9.17) is 10.00 Å². The van der Waals surface area contributed by atoms with Gasteiger partial charge in [0.2, 0.25) is 0 Å². The molecule has 32 heavy (non-hydrogen) atoms. The van der Waals surface area contributed by atoms with E-state index in [2.05, 4.69) is 15.3 Å². The summed E-state index contributed by atoms with van der Waals surface area (Å²) in [6.07, 6.45) is 7.04. The molecule has 2 atom stereocenters. The summed E-state index contributed by atoms with van der Waals surface area (Å²) in [5.74, 6) is -0.721. The number of benzene rings is 1. The third kappa shape index (κ3) is 3.15. The molecule has 0 aliphatic carbocycles. The zero-order chi connectivity index (χ0) is 22.4. The second kappa shape index (κ2) is 7.64. The number of nitrogens with zero attached hydrogens (tertiary/aromatic N) is 3. The van der Waals surface area contributed by atoms with Gasteiger partial charge in [0.05, 0.1) is 19.3 Å². The van der Waals surface area contributed by atoms with E-state index in [9.17, 15) is 13.6 Å². The van der Waals surface area contributed by atoms with Gasteiger partial charge >= 0.3 is 6.03 Å². The molecule has 2 aromatic heterocycles. The van der Waals surface area contributed by atoms with Crippen molar-refractivity contribution < 1.29 is 18.3 Å². The van der Waals surface area contributed by atoms with Crippen LogP contribution in [-0.4, -0.2) is 40.1 Å². The number of hydrogen-bond donors (Lipinski definition) is 2. The van der Waals surface area contributed by atoms with Gasteiger partial charge in [0.15, 0.2) is 6.19 Å². The fourth-order valence-electron chi connectivity index (χ4n) is 4.83. The average molecular weight is 435 g/mol. The highest BCUT2D eigenvalue weighted by molar-refractivity contribution is 5.97. The van der Waals surface area contributed by atoms with Crippen molar-refractivity contribution in [3.63, 3.8) is 0 Å². The van der Waals surface area contributed by atoms with Crippen LogP contribution in [0, 0.1) is 23.1 Å². The first-order valence-electron chi connectivity index (χ1n) is 10.2. The number of fused-ring (bicyclic) bond motifs is 3. The Bertz CT molecular complexity index is 1310. The summed E-state index contributed by atoms with van der Waals surface area (Å²) in [6.45, 7) is 0. The maximum Gasteiger partial charge on any atom is 0.331 e. The molecule has 2 aliphatic heterocycles. The van der Waals surface area contributed by atoms with Gasteiger partial charge in [0.1, 0.15) is 23.0 Å². The Morgan fingerprint density at radius 1 is 1.34 bits per heavy atom. The zero-order valence-electron chi connectivity index (χ0n) is 17.2. The lowest BCUT2D eigenvalue weighted by molar-refractivity contribution is 0.184. The van der Waals surface area contributed by atoms with Crippen LogP contribution in [0.25, 0.3) is 27.7 Å². The number of halogens is 2. The monoisotopic (exact) mass is 435 g/mol. The van der Waals surface area contributed by atoms with Crippen LogP contribution in [0.2, 0.25) is 0 Å². The highest BCUT2D eigenvalue weighted by atomic mass is 19.1. The lowest BCUT2D eigenvalue weighted by Crippen LogP contribution is -2.47. The fourth-order valence-corrected chi connectivity index (χ4v) is 4.83. The van der Waals surface area contributed by atoms with E-state index in [0.29, 0.717) is 28.8 Å². The molecule has 2 unspecified atom stereocenters. The SMILES string of the molecule is COc1ccc(F)cc1-c1c(F)cnc2[nH]c(C3=CC4CCC(C3)N4C(=O)NC#N)cc12. The first-order chi connectivity index (χ1) is 15.5. The van der Waals surface area contributed by atoms with E-state index in [-0.39, 0.29) is 17.6 Å². The van der Waals surface area contributed by atoms with E-state index in [0.717, 1.165) is 30.3 Å². The van der Waals surface area contributed by atoms with Crippen molar-refractivity contribution in [1.29, 1.82) is 5.26 Å². The fraction of sp³-hybridized carbons (Fsp3) is 0.261. The first-order valence-corrected chi connectivity index (χ1v) is 10.2. The highest BCUT2D eigenvalue weighted by Crippen LogP contribution is 2.41. The summed E-state index contributed by atoms with van der Waals surface area (Å²) in [7, 11) is 1.45. The number of pyridine rings is 1. The molecule has 2 amide bonds. The van der Waals surface area contributed by atoms with Crippen LogP contribution in [0.15, 0.2) is 36.5 Å². The first kappa shape index (κ1) is 20.0. The Balaban J connectivity index is 1.59. The van der Waals surface area contributed by atoms with Crippen LogP contribution < -0.4 is 10.1 Å². The molecule has 0 spiro atoms. The van der Waals surface area contributed by atoms with Gasteiger partial charge in [0.25, 0.3) is 0 Å². The van der Waals surface area contributed by atoms with Crippen LogP contribution in [0.1, 0.15) is 25.0 Å². The summed E-state index contributed by atoms with van der Waals surface area (Å²) in [6, 6.07) is 5.25. The van der Waals surface area contributed by atoms with Gasteiger partial charge in [-0.1, -0.05) is 6.08 Å². The number of amides is 2. The zero-order valence-corrected chi connectivity index (χ0v) is 17.2. The minimum atomic E-state index is -0.580. The van der Waals surface area contributed by atoms with Crippen molar-refractivity contribution in [1.82, 2.24) is 20.2 Å². The molecule has 5 rings (SSSR count). The largest absolute Gasteiger partial charge is 0.496 e. The number of aromatic amines is 1. The third-order valence-corrected chi connectivity index (χ3v) is 6.18. The molecule has 9 heteroatoms. The Kier molecular flexibility index (Phi) is 4.78. The van der Waals surface area contributed by atoms with Crippen molar-refractivity contribution in [3.8, 4) is 23.1 Å². The number of carbonyl (C=O) groups is 1. The standard InChI is InChI=1S/C23H19F2N5O2/c1-32-20-5-2-13(24)8-16(20)21-17-9-19(29-22(17)27-10-18(21)25)12-6-14-3-4-15(7-12)30(14)23(31)28-11-26/h2,5-6,8-10,14-15H,3-4,7H2,1H3,(H,27,29)(H,28,31). The van der Waals surface area contributed by atoms with Crippen molar-refractivity contribution >= 4 is 22.6 Å². The minimum Gasteiger partial charge on any atom is -0.496 e. The van der Waals surface area contributed by atoms with E-state index >= 15 is 0 Å². The van der Waals surface area contributed by atoms with Gasteiger partial charge in [-0.05, 0) is 49.1 Å². The summed E-state index contributed by atoms with van der Waals surface area (Å²) in [4.78, 5) is 21.4. The number of nitrogens with one attached hydrogen (secondary N) is 2. The molecule has 0 saturated carbocycles. The van der Waals surface area contributed by atoms with Crippen molar-refractivity contribution in [2.75, 3.05) is 7.11 Å². The maximum atomic E-state index is 14.9. The number of aromatic nitrogens is 2. The molecular formula is C23H19F2N5O2. The van der Waals surface area contributed by atoms with Gasteiger partial charge in [-0.3, -0.25) is 0 Å². The maximum absolute atomic E-state index is 14.9. The van der Waals surface area contributed by atoms with Gasteiger partial charge in [-0.25, -0.2) is 23.9 Å². The Morgan fingerprint density at radius 3 is 2.94 bits per heavy atom. The Labute approximate surface area is 182 Å². The quantitative estimate of drug-likeness (QED) is 0.473. The number of H-pyrrole nitrogens is 1. The van der Waals surface area contributed by atoms with Crippen LogP contribution in [0.3, 0.4) is 0 Å². The smallest absolute Gasteiger partial charge is 0.331 e. The summed E-state index contributed by atoms with van der Waals surface area (Å²) in [5, 5.41) is 11.5. The Hall–Kier alpha value is -3.93. The van der Waals surface area contributed by atoms with Gasteiger partial charge in [-0.15, -0.1) is 0 Å². The lowest BCUT2D eigenvalue weighted by Gasteiger charge is -2.33. The predicted octanol–water partition coefficient (Wildman–Crippen LogP) is 4.33. The molecule has 2 bridgehead atoms. The molecule has 0 radical (unpaired) electrons. The number of nitriles is 1. The van der Waals surface area contributed by atoms with E-state index in [1.807, 2.05) is 6.08 Å². The number of methoxy groups -OCH3 is 1. The third-order valence-electron chi connectivity index (χ3n) is 6.18. The summed E-state index contributed by atoms with van der Waals surface area (Å²) >= 11 is 0. The van der Waals surface area contributed by atoms with Crippen molar-refractivity contribution in [2.24, 2.45) is 0 Å². The molecule has 1 aromatic carbocycles. The Morgan fingerprint density at radius 2 is 2.19 bits per heavy atom. The van der Waals surface area contributed by atoms with Gasteiger partial charge in [-0.2, -0.15) is 5.26 Å². The molecule has 2 aliphatic rings. The molecule has 162 valence electrons. The van der Waals surface area contributed by atoms with Crippen LogP contribution >= 0.6 is 0 Å². The van der Waals surface area contributed by atoms with Gasteiger partial charge in [0, 0.05) is 28.2 Å². The topological polar surface area (TPSA) is 94.0 Å². The number of ether oxygens (including phenoxy) is 1. The number of urea groups is 1. The van der Waals surface area contributed by atoms with Crippen molar-refractivity contribution in [2.45, 2.75) is 31.3 Å². The molecule has 4 heterocycles. The number of rotatable bonds is 3. The van der Waals surface area contributed by atoms with Crippen molar-refractivity contribution in [3.05, 3.63) is 53.9 Å². The van der Waals surface area contributed by atoms with Crippen LogP contribution in [0.5, 0.6) is 5.75 Å². The highest BCUT2D eigenvalue weighted by Gasteiger charge is 2.40. The number of carbonyl (C=O) groups excluding carboxylic acids is 1. The second-order valence-electron chi connectivity index (χ2n) is 7.91. The number of hydrogen-bond acceptors (Lipinski definition) is 4. The molecule has 2 N–H and O–H groups in total. The predicted molar refractivity (Wildman–Crippen MR) is 113 cm³/mol. The van der Waals surface area contributed by atoms with Crippen LogP contribution in [0.4, 0.5) is 13.6 Å². The second-order valence-corrected chi connectivity index (χ2v) is 7.91. The molecule has 3 aromatic rings. The van der Waals surface area contributed by atoms with Crippen LogP contribution in [-0.2, 0) is 0 Å². The summed E-state index contributed by atoms with van der Waals surface area (Å²) < 4.78 is 34.2. The minimum absolute atomic E-state index is 0.0211. The van der Waals surface area contributed by atoms with Gasteiger partial charge < -0.3 is 14.6 Å². The molecule has 1 saturated heterocycles. The normalized spacial score (nSPS) is 19.6. The summed E-state index contributed by atoms with van der Waals surface area (Å²) in [5.41, 5.74) is 2.75. The molecule has 1 fully saturated rings. The van der Waals surface area contributed by atoms with E-state index < -0.39 is 17.7 Å². The average Bonchev–Trinajstić information content (AvgIpc) is 3.32. The molecule has 7 nitrogen and oxygen atoms in total. The van der Waals surface area contributed by atoms with E-state index in [1.165, 1.54) is 25.3 Å².